The second kappa shape index (κ2) is 4.27. The lowest BCUT2D eigenvalue weighted by atomic mass is 10.1. The summed E-state index contributed by atoms with van der Waals surface area (Å²) < 4.78 is 0. The molecule has 2 nitrogen and oxygen atoms in total. The maximum absolute atomic E-state index is 9.42. The summed E-state index contributed by atoms with van der Waals surface area (Å²) in [6.45, 7) is 0. The smallest absolute Gasteiger partial charge is 0.0488 e. The Hall–Kier alpha value is 0.350. The highest BCUT2D eigenvalue weighted by Crippen LogP contribution is 2.38. The Morgan fingerprint density at radius 2 is 1.90 bits per heavy atom. The summed E-state index contributed by atoms with van der Waals surface area (Å²) in [4.78, 5) is 9.42. The highest BCUT2D eigenvalue weighted by molar-refractivity contribution is 7.52. The van der Waals surface area contributed by atoms with Crippen molar-refractivity contribution in [1.82, 2.24) is 0 Å². The van der Waals surface area contributed by atoms with Crippen LogP contribution in [0.25, 0.3) is 0 Å². The molecule has 1 fully saturated rings. The standard InChI is InChI=1S/C7H16NOP/c8-7-5-3-1-2-4-6-10(7)9/h7,9H,1-6,8H2. The van der Waals surface area contributed by atoms with Crippen molar-refractivity contribution in [2.45, 2.75) is 37.9 Å². The zero-order valence-electron chi connectivity index (χ0n) is 6.29. The van der Waals surface area contributed by atoms with Gasteiger partial charge < -0.3 is 10.6 Å². The largest absolute Gasteiger partial charge is 0.372 e. The molecule has 1 saturated heterocycles. The minimum Gasteiger partial charge on any atom is -0.372 e. The van der Waals surface area contributed by atoms with Crippen LogP contribution in [0.15, 0.2) is 0 Å². The second-order valence-electron chi connectivity index (χ2n) is 2.93. The summed E-state index contributed by atoms with van der Waals surface area (Å²) in [5, 5.41) is 0. The summed E-state index contributed by atoms with van der Waals surface area (Å²) in [7, 11) is -0.819. The van der Waals surface area contributed by atoms with Crippen molar-refractivity contribution < 1.29 is 4.89 Å². The van der Waals surface area contributed by atoms with Crippen molar-refractivity contribution in [1.29, 1.82) is 0 Å². The molecule has 1 rings (SSSR count). The monoisotopic (exact) mass is 161 g/mol. The van der Waals surface area contributed by atoms with Crippen molar-refractivity contribution in [2.75, 3.05) is 6.16 Å². The first kappa shape index (κ1) is 8.45. The van der Waals surface area contributed by atoms with Gasteiger partial charge in [-0.05, 0) is 19.0 Å². The molecule has 1 aliphatic heterocycles. The molecule has 0 spiro atoms. The summed E-state index contributed by atoms with van der Waals surface area (Å²) in [6, 6.07) is 0. The summed E-state index contributed by atoms with van der Waals surface area (Å²) in [5.41, 5.74) is 5.73. The molecule has 2 atom stereocenters. The molecular formula is C7H16NOP. The van der Waals surface area contributed by atoms with E-state index >= 15 is 0 Å². The van der Waals surface area contributed by atoms with E-state index in [1.54, 1.807) is 0 Å². The van der Waals surface area contributed by atoms with Gasteiger partial charge in [0, 0.05) is 13.9 Å². The third-order valence-corrected chi connectivity index (χ3v) is 3.82. The van der Waals surface area contributed by atoms with Crippen LogP contribution in [0.2, 0.25) is 0 Å². The highest BCUT2D eigenvalue weighted by atomic mass is 31.1. The highest BCUT2D eigenvalue weighted by Gasteiger charge is 2.15. The molecule has 0 aliphatic carbocycles. The predicted octanol–water partition coefficient (Wildman–Crippen LogP) is 1.62. The zero-order valence-corrected chi connectivity index (χ0v) is 7.19. The van der Waals surface area contributed by atoms with Crippen LogP contribution in [0.5, 0.6) is 0 Å². The number of nitrogens with two attached hydrogens (primary N) is 1. The number of hydrogen-bond acceptors (Lipinski definition) is 2. The van der Waals surface area contributed by atoms with Crippen LogP contribution >= 0.6 is 8.15 Å². The maximum Gasteiger partial charge on any atom is 0.0488 e. The van der Waals surface area contributed by atoms with Crippen LogP contribution in [0, 0.1) is 0 Å². The molecule has 0 amide bonds. The SMILES string of the molecule is NC1CCCCCCP1O. The predicted molar refractivity (Wildman–Crippen MR) is 45.1 cm³/mol. The van der Waals surface area contributed by atoms with E-state index in [2.05, 4.69) is 0 Å². The van der Waals surface area contributed by atoms with Crippen molar-refractivity contribution in [3.8, 4) is 0 Å². The van der Waals surface area contributed by atoms with Gasteiger partial charge in [-0.15, -0.1) is 0 Å². The van der Waals surface area contributed by atoms with Gasteiger partial charge >= 0.3 is 0 Å². The fraction of sp³-hybridized carbons (Fsp3) is 1.00. The fourth-order valence-corrected chi connectivity index (χ4v) is 2.66. The van der Waals surface area contributed by atoms with E-state index in [9.17, 15) is 4.89 Å². The third-order valence-electron chi connectivity index (χ3n) is 2.02. The first-order chi connectivity index (χ1) is 4.80. The average Bonchev–Trinajstić information content (AvgIpc) is 1.92. The van der Waals surface area contributed by atoms with Crippen molar-refractivity contribution >= 4 is 8.15 Å². The lowest BCUT2D eigenvalue weighted by Gasteiger charge is -2.20. The van der Waals surface area contributed by atoms with Gasteiger partial charge in [0.25, 0.3) is 0 Å². The molecule has 0 bridgehead atoms. The molecule has 0 radical (unpaired) electrons. The van der Waals surface area contributed by atoms with Crippen LogP contribution < -0.4 is 5.73 Å². The quantitative estimate of drug-likeness (QED) is 0.530. The van der Waals surface area contributed by atoms with E-state index in [0.29, 0.717) is 0 Å². The van der Waals surface area contributed by atoms with Crippen LogP contribution in [0.4, 0.5) is 0 Å². The molecule has 1 aliphatic rings. The molecule has 0 aromatic rings. The molecule has 0 aromatic carbocycles. The van der Waals surface area contributed by atoms with Crippen LogP contribution in [-0.4, -0.2) is 16.8 Å². The Bertz CT molecular complexity index is 87.6. The Balaban J connectivity index is 2.28. The Morgan fingerprint density at radius 1 is 1.20 bits per heavy atom. The van der Waals surface area contributed by atoms with Crippen LogP contribution in [0.1, 0.15) is 32.1 Å². The van der Waals surface area contributed by atoms with Crippen LogP contribution in [0.3, 0.4) is 0 Å². The maximum atomic E-state index is 9.42. The lowest BCUT2D eigenvalue weighted by Crippen LogP contribution is -2.19. The Labute approximate surface area is 63.6 Å². The Kier molecular flexibility index (Phi) is 3.61. The second-order valence-corrected chi connectivity index (χ2v) is 4.92. The van der Waals surface area contributed by atoms with Gasteiger partial charge in [0.2, 0.25) is 0 Å². The van der Waals surface area contributed by atoms with Gasteiger partial charge in [-0.1, -0.05) is 19.3 Å². The average molecular weight is 161 g/mol. The van der Waals surface area contributed by atoms with E-state index in [4.69, 9.17) is 5.73 Å². The lowest BCUT2D eigenvalue weighted by molar-refractivity contribution is 0.545. The van der Waals surface area contributed by atoms with Gasteiger partial charge in [0.1, 0.15) is 0 Å². The molecule has 3 heteroatoms. The number of rotatable bonds is 0. The van der Waals surface area contributed by atoms with E-state index in [0.717, 1.165) is 12.6 Å². The molecule has 2 unspecified atom stereocenters. The summed E-state index contributed by atoms with van der Waals surface area (Å²) >= 11 is 0. The first-order valence-electron chi connectivity index (χ1n) is 4.02. The molecule has 0 aromatic heterocycles. The normalized spacial score (nSPS) is 36.6. The zero-order chi connectivity index (χ0) is 7.40. The van der Waals surface area contributed by atoms with Crippen LogP contribution in [-0.2, 0) is 0 Å². The van der Waals surface area contributed by atoms with Crippen molar-refractivity contribution in [3.05, 3.63) is 0 Å². The van der Waals surface area contributed by atoms with E-state index in [1.807, 2.05) is 0 Å². The minimum atomic E-state index is -0.819. The topological polar surface area (TPSA) is 46.2 Å². The van der Waals surface area contributed by atoms with Gasteiger partial charge in [0.05, 0.1) is 0 Å². The molecular weight excluding hydrogens is 145 g/mol. The first-order valence-corrected chi connectivity index (χ1v) is 5.56. The molecule has 1 heterocycles. The molecule has 3 N–H and O–H groups in total. The Morgan fingerprint density at radius 3 is 2.70 bits per heavy atom. The van der Waals surface area contributed by atoms with Crippen molar-refractivity contribution in [3.63, 3.8) is 0 Å². The van der Waals surface area contributed by atoms with Gasteiger partial charge in [-0.3, -0.25) is 0 Å². The fourth-order valence-electron chi connectivity index (χ4n) is 1.30. The molecule has 60 valence electrons. The van der Waals surface area contributed by atoms with E-state index in [1.165, 1.54) is 25.7 Å². The van der Waals surface area contributed by atoms with Crippen molar-refractivity contribution in [2.24, 2.45) is 5.73 Å². The number of hydrogen-bond donors (Lipinski definition) is 2. The molecule has 0 saturated carbocycles. The van der Waals surface area contributed by atoms with Gasteiger partial charge in [-0.25, -0.2) is 0 Å². The van der Waals surface area contributed by atoms with Gasteiger partial charge in [0.15, 0.2) is 0 Å². The molecule has 10 heavy (non-hydrogen) atoms. The minimum absolute atomic E-state index is 0.107. The van der Waals surface area contributed by atoms with E-state index < -0.39 is 8.15 Å². The van der Waals surface area contributed by atoms with E-state index in [-0.39, 0.29) is 5.78 Å². The summed E-state index contributed by atoms with van der Waals surface area (Å²) in [6.07, 6.45) is 6.97. The van der Waals surface area contributed by atoms with Gasteiger partial charge in [-0.2, -0.15) is 0 Å². The third kappa shape index (κ3) is 2.53. The summed E-state index contributed by atoms with van der Waals surface area (Å²) in [5.74, 6) is 0.107.